The van der Waals surface area contributed by atoms with Gasteiger partial charge in [0, 0.05) is 26.2 Å². The van der Waals surface area contributed by atoms with Crippen LogP contribution < -0.4 is 0 Å². The van der Waals surface area contributed by atoms with Crippen molar-refractivity contribution >= 4 is 31.4 Å². The molecule has 2 rings (SSSR count). The SMILES string of the molecule is CCCCCCCCN(CCCCCCCC)S(=O)(=O)c1ccc(N=Nc2ccc(S(=O)(=O)N(CCCCCCCC)CCCCCCCC)cc2)cc1. The molecule has 0 aromatic heterocycles. The summed E-state index contributed by atoms with van der Waals surface area (Å²) in [6.45, 7) is 11.0. The Morgan fingerprint density at radius 3 is 0.815 bits per heavy atom. The van der Waals surface area contributed by atoms with E-state index in [1.807, 2.05) is 0 Å². The van der Waals surface area contributed by atoms with E-state index in [4.69, 9.17) is 0 Å². The van der Waals surface area contributed by atoms with Gasteiger partial charge < -0.3 is 0 Å². The zero-order valence-corrected chi connectivity index (χ0v) is 36.3. The van der Waals surface area contributed by atoms with E-state index in [2.05, 4.69) is 37.9 Å². The molecule has 0 radical (unpaired) electrons. The van der Waals surface area contributed by atoms with Crippen LogP contribution in [-0.4, -0.2) is 51.6 Å². The van der Waals surface area contributed by atoms with Gasteiger partial charge in [-0.3, -0.25) is 0 Å². The Hall–Kier alpha value is -2.14. The van der Waals surface area contributed by atoms with Crippen molar-refractivity contribution in [3.05, 3.63) is 48.5 Å². The first-order valence-corrected chi connectivity index (χ1v) is 24.7. The lowest BCUT2D eigenvalue weighted by Crippen LogP contribution is -2.33. The van der Waals surface area contributed by atoms with E-state index in [-0.39, 0.29) is 9.79 Å². The summed E-state index contributed by atoms with van der Waals surface area (Å²) in [4.78, 5) is 0.555. The molecular weight excluding hydrogens is 713 g/mol. The summed E-state index contributed by atoms with van der Waals surface area (Å²) in [5, 5.41) is 8.68. The van der Waals surface area contributed by atoms with Gasteiger partial charge in [0.1, 0.15) is 0 Å². The molecule has 10 heteroatoms. The molecule has 0 saturated heterocycles. The Balaban J connectivity index is 2.08. The van der Waals surface area contributed by atoms with Crippen molar-refractivity contribution < 1.29 is 16.8 Å². The molecule has 0 aliphatic carbocycles. The largest absolute Gasteiger partial charge is 0.243 e. The molecule has 0 aliphatic rings. The summed E-state index contributed by atoms with van der Waals surface area (Å²) in [6, 6.07) is 13.2. The number of nitrogens with zero attached hydrogens (tertiary/aromatic N) is 4. The topological polar surface area (TPSA) is 99.5 Å². The minimum Gasteiger partial charge on any atom is -0.207 e. The zero-order valence-electron chi connectivity index (χ0n) is 34.7. The van der Waals surface area contributed by atoms with Gasteiger partial charge in [-0.05, 0) is 74.2 Å². The van der Waals surface area contributed by atoms with E-state index in [9.17, 15) is 16.8 Å². The van der Waals surface area contributed by atoms with Gasteiger partial charge in [-0.25, -0.2) is 16.8 Å². The third kappa shape index (κ3) is 19.1. The van der Waals surface area contributed by atoms with Crippen LogP contribution >= 0.6 is 0 Å². The molecular formula is C44H76N4O4S2. The molecule has 0 fully saturated rings. The molecule has 0 saturated carbocycles. The molecule has 0 amide bonds. The predicted octanol–water partition coefficient (Wildman–Crippen LogP) is 13.5. The van der Waals surface area contributed by atoms with Crippen LogP contribution in [0.15, 0.2) is 68.6 Å². The second-order valence-corrected chi connectivity index (χ2v) is 18.9. The molecule has 0 heterocycles. The minimum atomic E-state index is -3.63. The fourth-order valence-electron chi connectivity index (χ4n) is 6.76. The Bertz CT molecular complexity index is 1320. The lowest BCUT2D eigenvalue weighted by atomic mass is 10.1. The Morgan fingerprint density at radius 1 is 0.352 bits per heavy atom. The van der Waals surface area contributed by atoms with Gasteiger partial charge in [-0.15, -0.1) is 0 Å². The highest BCUT2D eigenvalue weighted by Gasteiger charge is 2.25. The van der Waals surface area contributed by atoms with Crippen molar-refractivity contribution in [1.29, 1.82) is 0 Å². The number of unbranched alkanes of at least 4 members (excludes halogenated alkanes) is 20. The first-order valence-electron chi connectivity index (χ1n) is 21.8. The highest BCUT2D eigenvalue weighted by atomic mass is 32.2. The van der Waals surface area contributed by atoms with Crippen LogP contribution in [0.3, 0.4) is 0 Å². The number of rotatable bonds is 34. The van der Waals surface area contributed by atoms with Crippen LogP contribution in [0.1, 0.15) is 182 Å². The molecule has 308 valence electrons. The minimum absolute atomic E-state index is 0.277. The predicted molar refractivity (Wildman–Crippen MR) is 228 cm³/mol. The average molecular weight is 789 g/mol. The van der Waals surface area contributed by atoms with Crippen molar-refractivity contribution in [2.24, 2.45) is 10.2 Å². The molecule has 2 aromatic carbocycles. The van der Waals surface area contributed by atoms with E-state index in [0.717, 1.165) is 77.0 Å². The third-order valence-electron chi connectivity index (χ3n) is 10.3. The van der Waals surface area contributed by atoms with E-state index >= 15 is 0 Å². The van der Waals surface area contributed by atoms with Crippen LogP contribution in [0.2, 0.25) is 0 Å². The molecule has 0 unspecified atom stereocenters. The molecule has 0 aliphatic heterocycles. The van der Waals surface area contributed by atoms with Crippen molar-refractivity contribution in [2.75, 3.05) is 26.2 Å². The lowest BCUT2D eigenvalue weighted by Gasteiger charge is -2.22. The van der Waals surface area contributed by atoms with Crippen LogP contribution in [-0.2, 0) is 20.0 Å². The maximum absolute atomic E-state index is 13.8. The molecule has 54 heavy (non-hydrogen) atoms. The standard InChI is InChI=1S/C44H76N4O4S2/c1-5-9-13-17-21-25-37-47(38-26-22-18-14-10-6-2)53(49,50)43-33-29-41(30-34-43)45-46-42-31-35-44(36-32-42)54(51,52)48(39-27-23-19-15-11-7-3)40-28-24-20-16-12-8-4/h29-36H,5-28,37-40H2,1-4H3. The van der Waals surface area contributed by atoms with E-state index in [1.165, 1.54) is 77.0 Å². The normalized spacial score (nSPS) is 12.5. The van der Waals surface area contributed by atoms with Gasteiger partial charge in [0.25, 0.3) is 0 Å². The van der Waals surface area contributed by atoms with Crippen molar-refractivity contribution in [3.8, 4) is 0 Å². The average Bonchev–Trinajstić information content (AvgIpc) is 3.17. The van der Waals surface area contributed by atoms with Crippen LogP contribution in [0.25, 0.3) is 0 Å². The van der Waals surface area contributed by atoms with Crippen LogP contribution in [0, 0.1) is 0 Å². The summed E-state index contributed by atoms with van der Waals surface area (Å²) in [7, 11) is -7.26. The maximum Gasteiger partial charge on any atom is 0.243 e. The monoisotopic (exact) mass is 789 g/mol. The summed E-state index contributed by atoms with van der Waals surface area (Å²) >= 11 is 0. The molecule has 0 atom stereocenters. The van der Waals surface area contributed by atoms with Gasteiger partial charge in [0.15, 0.2) is 0 Å². The second-order valence-electron chi connectivity index (χ2n) is 15.1. The quantitative estimate of drug-likeness (QED) is 0.0521. The number of sulfonamides is 2. The Morgan fingerprint density at radius 2 is 0.574 bits per heavy atom. The van der Waals surface area contributed by atoms with Crippen molar-refractivity contribution in [3.63, 3.8) is 0 Å². The summed E-state index contributed by atoms with van der Waals surface area (Å²) in [6.07, 6.45) is 26.8. The fourth-order valence-corrected chi connectivity index (χ4v) is 9.80. The summed E-state index contributed by atoms with van der Waals surface area (Å²) < 4.78 is 58.4. The van der Waals surface area contributed by atoms with E-state index in [1.54, 1.807) is 57.1 Å². The van der Waals surface area contributed by atoms with Crippen LogP contribution in [0.4, 0.5) is 11.4 Å². The van der Waals surface area contributed by atoms with E-state index < -0.39 is 20.0 Å². The highest BCUT2D eigenvalue weighted by molar-refractivity contribution is 7.89. The highest BCUT2D eigenvalue weighted by Crippen LogP contribution is 2.26. The zero-order chi connectivity index (χ0) is 39.3. The Kier molecular flexibility index (Phi) is 25.9. The van der Waals surface area contributed by atoms with Gasteiger partial charge in [-0.1, -0.05) is 156 Å². The Labute approximate surface area is 332 Å². The molecule has 0 spiro atoms. The summed E-state index contributed by atoms with van der Waals surface area (Å²) in [5.41, 5.74) is 1.07. The maximum atomic E-state index is 13.8. The van der Waals surface area contributed by atoms with Gasteiger partial charge in [-0.2, -0.15) is 18.8 Å². The number of hydrogen-bond donors (Lipinski definition) is 0. The first kappa shape index (κ1) is 48.0. The summed E-state index contributed by atoms with van der Waals surface area (Å²) in [5.74, 6) is 0. The number of benzene rings is 2. The molecule has 2 aromatic rings. The van der Waals surface area contributed by atoms with E-state index in [0.29, 0.717) is 37.6 Å². The fraction of sp³-hybridized carbons (Fsp3) is 0.727. The third-order valence-corrected chi connectivity index (χ3v) is 14.1. The first-order chi connectivity index (χ1) is 26.2. The molecule has 8 nitrogen and oxygen atoms in total. The van der Waals surface area contributed by atoms with Gasteiger partial charge in [0.2, 0.25) is 20.0 Å². The lowest BCUT2D eigenvalue weighted by molar-refractivity contribution is 0.383. The second kappa shape index (κ2) is 29.1. The van der Waals surface area contributed by atoms with Crippen molar-refractivity contribution in [2.45, 2.75) is 192 Å². The smallest absolute Gasteiger partial charge is 0.207 e. The van der Waals surface area contributed by atoms with Crippen molar-refractivity contribution in [1.82, 2.24) is 8.61 Å². The van der Waals surface area contributed by atoms with Crippen LogP contribution in [0.5, 0.6) is 0 Å². The van der Waals surface area contributed by atoms with Gasteiger partial charge >= 0.3 is 0 Å². The number of hydrogen-bond acceptors (Lipinski definition) is 6. The molecule has 0 N–H and O–H groups in total. The molecule has 0 bridgehead atoms. The number of azo groups is 1. The van der Waals surface area contributed by atoms with Gasteiger partial charge in [0.05, 0.1) is 21.2 Å².